The van der Waals surface area contributed by atoms with Crippen LogP contribution < -0.4 is 10.1 Å². The summed E-state index contributed by atoms with van der Waals surface area (Å²) in [7, 11) is 1.94. The molecular weight excluding hydrogens is 262 g/mol. The Hall–Kier alpha value is -1.94. The van der Waals surface area contributed by atoms with Crippen LogP contribution in [0.5, 0.6) is 5.88 Å². The van der Waals surface area contributed by atoms with Crippen LogP contribution >= 0.6 is 0 Å². The van der Waals surface area contributed by atoms with E-state index >= 15 is 0 Å². The Balaban J connectivity index is 2.01. The minimum atomic E-state index is 0.389. The first-order chi connectivity index (χ1) is 10.2. The van der Waals surface area contributed by atoms with E-state index in [1.54, 1.807) is 6.20 Å². The third-order valence-electron chi connectivity index (χ3n) is 3.19. The molecule has 0 aliphatic carbocycles. The predicted molar refractivity (Wildman–Crippen MR) is 84.5 cm³/mol. The van der Waals surface area contributed by atoms with Crippen molar-refractivity contribution in [1.82, 2.24) is 15.3 Å². The molecule has 0 amide bonds. The third kappa shape index (κ3) is 4.83. The molecule has 0 fully saturated rings. The molecule has 1 N–H and O–H groups in total. The molecule has 0 unspecified atom stereocenters. The van der Waals surface area contributed by atoms with E-state index in [1.165, 1.54) is 5.56 Å². The van der Waals surface area contributed by atoms with Crippen LogP contribution in [0.4, 0.5) is 0 Å². The highest BCUT2D eigenvalue weighted by atomic mass is 16.5. The first kappa shape index (κ1) is 15.4. The molecule has 2 rings (SSSR count). The van der Waals surface area contributed by atoms with Crippen LogP contribution in [0.2, 0.25) is 0 Å². The fourth-order valence-corrected chi connectivity index (χ4v) is 2.06. The van der Waals surface area contributed by atoms with Gasteiger partial charge in [0.05, 0.1) is 6.61 Å². The van der Waals surface area contributed by atoms with Crippen molar-refractivity contribution in [3.05, 3.63) is 53.5 Å². The van der Waals surface area contributed by atoms with Gasteiger partial charge in [-0.15, -0.1) is 0 Å². The smallest absolute Gasteiger partial charge is 0.213 e. The number of hydrogen-bond acceptors (Lipinski definition) is 4. The van der Waals surface area contributed by atoms with Gasteiger partial charge in [0, 0.05) is 36.6 Å². The van der Waals surface area contributed by atoms with E-state index < -0.39 is 0 Å². The topological polar surface area (TPSA) is 47.0 Å². The van der Waals surface area contributed by atoms with Crippen molar-refractivity contribution < 1.29 is 4.74 Å². The Morgan fingerprint density at radius 2 is 2.10 bits per heavy atom. The molecule has 0 atom stereocenters. The van der Waals surface area contributed by atoms with Gasteiger partial charge < -0.3 is 10.1 Å². The lowest BCUT2D eigenvalue weighted by molar-refractivity contribution is 0.306. The van der Waals surface area contributed by atoms with Gasteiger partial charge in [0.25, 0.3) is 0 Å². The van der Waals surface area contributed by atoms with Gasteiger partial charge in [0.2, 0.25) is 5.88 Å². The van der Waals surface area contributed by atoms with Crippen molar-refractivity contribution in [3.8, 4) is 5.88 Å². The van der Waals surface area contributed by atoms with Crippen LogP contribution in [0.15, 0.2) is 36.5 Å². The zero-order chi connectivity index (χ0) is 15.1. The van der Waals surface area contributed by atoms with Crippen molar-refractivity contribution >= 4 is 0 Å². The van der Waals surface area contributed by atoms with Gasteiger partial charge in [0.15, 0.2) is 0 Å². The molecule has 2 aromatic rings. The molecule has 0 saturated heterocycles. The Bertz CT molecular complexity index is 555. The van der Waals surface area contributed by atoms with E-state index in [1.807, 2.05) is 31.3 Å². The number of nitrogens with zero attached hydrogens (tertiary/aromatic N) is 2. The molecule has 0 aromatic carbocycles. The monoisotopic (exact) mass is 285 g/mol. The summed E-state index contributed by atoms with van der Waals surface area (Å²) >= 11 is 0. The number of nitrogens with one attached hydrogen (secondary N) is 1. The zero-order valence-corrected chi connectivity index (χ0v) is 13.0. The molecule has 0 spiro atoms. The fraction of sp³-hybridized carbons (Fsp3) is 0.412. The molecule has 4 heteroatoms. The largest absolute Gasteiger partial charge is 0.477 e. The fourth-order valence-electron chi connectivity index (χ4n) is 2.06. The minimum Gasteiger partial charge on any atom is -0.477 e. The second-order valence-electron chi connectivity index (χ2n) is 5.34. The summed E-state index contributed by atoms with van der Waals surface area (Å²) in [4.78, 5) is 8.87. The lowest BCUT2D eigenvalue weighted by Gasteiger charge is -2.12. The number of rotatable bonds is 7. The van der Waals surface area contributed by atoms with Gasteiger partial charge in [0.1, 0.15) is 0 Å². The molecule has 0 bridgehead atoms. The van der Waals surface area contributed by atoms with E-state index in [9.17, 15) is 0 Å². The second kappa shape index (κ2) is 7.74. The van der Waals surface area contributed by atoms with Crippen LogP contribution in [0.3, 0.4) is 0 Å². The highest BCUT2D eigenvalue weighted by Crippen LogP contribution is 2.19. The van der Waals surface area contributed by atoms with Crippen molar-refractivity contribution in [1.29, 1.82) is 0 Å². The van der Waals surface area contributed by atoms with E-state index in [2.05, 4.69) is 35.2 Å². The Morgan fingerprint density at radius 1 is 1.24 bits per heavy atom. The summed E-state index contributed by atoms with van der Waals surface area (Å²) in [5.74, 6) is 1.09. The van der Waals surface area contributed by atoms with Gasteiger partial charge in [-0.2, -0.15) is 0 Å². The summed E-state index contributed by atoms with van der Waals surface area (Å²) in [5.41, 5.74) is 3.30. The maximum atomic E-state index is 5.81. The maximum Gasteiger partial charge on any atom is 0.213 e. The lowest BCUT2D eigenvalue weighted by Crippen LogP contribution is -2.09. The van der Waals surface area contributed by atoms with Crippen LogP contribution in [0, 0.1) is 0 Å². The van der Waals surface area contributed by atoms with Crippen molar-refractivity contribution in [2.24, 2.45) is 0 Å². The Labute approximate surface area is 126 Å². The highest BCUT2D eigenvalue weighted by Gasteiger charge is 2.07. The van der Waals surface area contributed by atoms with Gasteiger partial charge >= 0.3 is 0 Å². The number of ether oxygens (including phenoxy) is 1. The molecule has 2 heterocycles. The van der Waals surface area contributed by atoms with Gasteiger partial charge in [-0.05, 0) is 36.7 Å². The van der Waals surface area contributed by atoms with Crippen LogP contribution in [-0.4, -0.2) is 23.6 Å². The Kier molecular flexibility index (Phi) is 5.69. The summed E-state index contributed by atoms with van der Waals surface area (Å²) in [6, 6.07) is 10.0. The first-order valence-corrected chi connectivity index (χ1v) is 7.37. The summed E-state index contributed by atoms with van der Waals surface area (Å²) < 4.78 is 5.81. The van der Waals surface area contributed by atoms with Crippen molar-refractivity contribution in [2.45, 2.75) is 32.7 Å². The molecule has 2 aromatic heterocycles. The summed E-state index contributed by atoms with van der Waals surface area (Å²) in [6.45, 7) is 5.69. The van der Waals surface area contributed by atoms with Crippen LogP contribution in [0.1, 0.15) is 36.7 Å². The standard InChI is InChI=1S/C17H23N3O/c1-13(2)16-10-14(12-18-3)11-17(20-16)21-9-7-15-6-4-5-8-19-15/h4-6,8,10-11,13,18H,7,9,12H2,1-3H3. The minimum absolute atomic E-state index is 0.389. The predicted octanol–water partition coefficient (Wildman–Crippen LogP) is 2.94. The van der Waals surface area contributed by atoms with Crippen molar-refractivity contribution in [3.63, 3.8) is 0 Å². The van der Waals surface area contributed by atoms with Gasteiger partial charge in [-0.25, -0.2) is 4.98 Å². The van der Waals surface area contributed by atoms with Crippen LogP contribution in [-0.2, 0) is 13.0 Å². The van der Waals surface area contributed by atoms with Gasteiger partial charge in [-0.1, -0.05) is 19.9 Å². The number of pyridine rings is 2. The second-order valence-corrected chi connectivity index (χ2v) is 5.34. The Morgan fingerprint density at radius 3 is 2.76 bits per heavy atom. The van der Waals surface area contributed by atoms with Crippen LogP contribution in [0.25, 0.3) is 0 Å². The van der Waals surface area contributed by atoms with E-state index in [0.717, 1.165) is 24.4 Å². The van der Waals surface area contributed by atoms with Gasteiger partial charge in [-0.3, -0.25) is 4.98 Å². The highest BCUT2D eigenvalue weighted by molar-refractivity contribution is 5.26. The number of hydrogen-bond donors (Lipinski definition) is 1. The summed E-state index contributed by atoms with van der Waals surface area (Å²) in [5, 5.41) is 3.17. The zero-order valence-electron chi connectivity index (χ0n) is 13.0. The summed E-state index contributed by atoms with van der Waals surface area (Å²) in [6.07, 6.45) is 2.59. The van der Waals surface area contributed by atoms with E-state index in [-0.39, 0.29) is 0 Å². The van der Waals surface area contributed by atoms with E-state index in [4.69, 9.17) is 4.74 Å². The third-order valence-corrected chi connectivity index (χ3v) is 3.19. The first-order valence-electron chi connectivity index (χ1n) is 7.37. The quantitative estimate of drug-likeness (QED) is 0.849. The maximum absolute atomic E-state index is 5.81. The van der Waals surface area contributed by atoms with E-state index in [0.29, 0.717) is 18.4 Å². The molecule has 4 nitrogen and oxygen atoms in total. The average Bonchev–Trinajstić information content (AvgIpc) is 2.48. The molecule has 112 valence electrons. The molecule has 21 heavy (non-hydrogen) atoms. The number of aromatic nitrogens is 2. The molecule has 0 saturated carbocycles. The van der Waals surface area contributed by atoms with Crippen molar-refractivity contribution in [2.75, 3.05) is 13.7 Å². The molecule has 0 aliphatic heterocycles. The lowest BCUT2D eigenvalue weighted by atomic mass is 10.1. The molecule has 0 radical (unpaired) electrons. The normalized spacial score (nSPS) is 10.9. The average molecular weight is 285 g/mol. The SMILES string of the molecule is CNCc1cc(OCCc2ccccn2)nc(C(C)C)c1. The molecular formula is C17H23N3O. The molecule has 0 aliphatic rings.